The molecule has 0 saturated heterocycles. The number of hydrogen-bond acceptors (Lipinski definition) is 5. The monoisotopic (exact) mass is 323 g/mol. The number of hydrogen-bond donors (Lipinski definition) is 3. The predicted molar refractivity (Wildman–Crippen MR) is 85.1 cm³/mol. The molecule has 0 fully saturated rings. The van der Waals surface area contributed by atoms with Crippen LogP contribution in [0.25, 0.3) is 0 Å². The summed E-state index contributed by atoms with van der Waals surface area (Å²) < 4.78 is 27.0. The molecule has 0 aliphatic heterocycles. The Bertz CT molecular complexity index is 670. The summed E-state index contributed by atoms with van der Waals surface area (Å²) in [5.41, 5.74) is 0.950. The molecule has 2 rings (SSSR count). The molecule has 0 bridgehead atoms. The van der Waals surface area contributed by atoms with Crippen LogP contribution in [-0.4, -0.2) is 36.7 Å². The van der Waals surface area contributed by atoms with Gasteiger partial charge in [-0.1, -0.05) is 19.4 Å². The quantitative estimate of drug-likeness (QED) is 0.608. The fraction of sp³-hybridized carbons (Fsp3) is 0.429. The van der Waals surface area contributed by atoms with E-state index < -0.39 is 10.0 Å². The summed E-state index contributed by atoms with van der Waals surface area (Å²) in [6.45, 7) is 3.18. The molecule has 120 valence electrons. The summed E-state index contributed by atoms with van der Waals surface area (Å²) in [6, 6.07) is 4.94. The molecule has 0 saturated carbocycles. The van der Waals surface area contributed by atoms with Gasteiger partial charge in [0, 0.05) is 19.3 Å². The number of rotatable bonds is 9. The average Bonchev–Trinajstić information content (AvgIpc) is 3.01. The number of aromatic amines is 1. The maximum atomic E-state index is 12.2. The van der Waals surface area contributed by atoms with Crippen molar-refractivity contribution < 1.29 is 8.42 Å². The first-order valence-corrected chi connectivity index (χ1v) is 8.78. The smallest absolute Gasteiger partial charge is 0.258 e. The Morgan fingerprint density at radius 2 is 2.14 bits per heavy atom. The summed E-state index contributed by atoms with van der Waals surface area (Å²) in [5, 5.41) is 9.66. The minimum atomic E-state index is -3.60. The van der Waals surface area contributed by atoms with E-state index >= 15 is 0 Å². The Balaban J connectivity index is 1.94. The van der Waals surface area contributed by atoms with Crippen LogP contribution in [0.3, 0.4) is 0 Å². The zero-order chi connectivity index (χ0) is 15.8. The van der Waals surface area contributed by atoms with Crippen LogP contribution in [-0.2, 0) is 16.4 Å². The molecule has 0 amide bonds. The van der Waals surface area contributed by atoms with E-state index in [-0.39, 0.29) is 5.03 Å². The number of anilines is 1. The Labute approximate surface area is 130 Å². The largest absolute Gasteiger partial charge is 0.370 e. The Kier molecular flexibility index (Phi) is 5.91. The van der Waals surface area contributed by atoms with Crippen LogP contribution in [0.1, 0.15) is 25.3 Å². The standard InChI is InChI=1S/C14H21N5O2S/c1-2-3-8-15-13-5-4-6-14(19-13)22(20,21)18-9-7-12-10-16-17-11-12/h4-6,10-11,18H,2-3,7-9H2,1H3,(H,15,19)(H,16,17). The molecule has 3 N–H and O–H groups in total. The highest BCUT2D eigenvalue weighted by Gasteiger charge is 2.15. The van der Waals surface area contributed by atoms with Gasteiger partial charge in [-0.3, -0.25) is 5.10 Å². The minimum absolute atomic E-state index is 0.0289. The van der Waals surface area contributed by atoms with Gasteiger partial charge in [-0.05, 0) is 30.5 Å². The predicted octanol–water partition coefficient (Wildman–Crippen LogP) is 1.54. The van der Waals surface area contributed by atoms with Gasteiger partial charge in [0.15, 0.2) is 5.03 Å². The summed E-state index contributed by atoms with van der Waals surface area (Å²) in [5.74, 6) is 0.575. The molecule has 22 heavy (non-hydrogen) atoms. The van der Waals surface area contributed by atoms with Gasteiger partial charge >= 0.3 is 0 Å². The normalized spacial score (nSPS) is 11.5. The highest BCUT2D eigenvalue weighted by Crippen LogP contribution is 2.10. The van der Waals surface area contributed by atoms with Gasteiger partial charge in [-0.15, -0.1) is 0 Å². The van der Waals surface area contributed by atoms with Crippen molar-refractivity contribution >= 4 is 15.8 Å². The fourth-order valence-corrected chi connectivity index (χ4v) is 2.87. The average molecular weight is 323 g/mol. The van der Waals surface area contributed by atoms with Gasteiger partial charge < -0.3 is 5.32 Å². The molecule has 8 heteroatoms. The molecule has 0 aliphatic carbocycles. The zero-order valence-electron chi connectivity index (χ0n) is 12.5. The van der Waals surface area contributed by atoms with E-state index in [0.29, 0.717) is 18.8 Å². The summed E-state index contributed by atoms with van der Waals surface area (Å²) in [4.78, 5) is 4.15. The van der Waals surface area contributed by atoms with Gasteiger partial charge in [0.2, 0.25) is 0 Å². The molecular weight excluding hydrogens is 302 g/mol. The Hall–Kier alpha value is -1.93. The van der Waals surface area contributed by atoms with E-state index in [1.54, 1.807) is 24.5 Å². The SMILES string of the molecule is CCCCNc1cccc(S(=O)(=O)NCCc2cn[nH]c2)n1. The topological polar surface area (TPSA) is 99.8 Å². The van der Waals surface area contributed by atoms with Gasteiger partial charge in [0.25, 0.3) is 10.0 Å². The highest BCUT2D eigenvalue weighted by molar-refractivity contribution is 7.89. The lowest BCUT2D eigenvalue weighted by Gasteiger charge is -2.08. The first kappa shape index (κ1) is 16.4. The number of H-pyrrole nitrogens is 1. The van der Waals surface area contributed by atoms with E-state index in [9.17, 15) is 8.42 Å². The van der Waals surface area contributed by atoms with Crippen molar-refractivity contribution in [3.8, 4) is 0 Å². The van der Waals surface area contributed by atoms with Crippen molar-refractivity contribution in [2.45, 2.75) is 31.2 Å². The van der Waals surface area contributed by atoms with Crippen molar-refractivity contribution in [3.05, 3.63) is 36.2 Å². The lowest BCUT2D eigenvalue weighted by Crippen LogP contribution is -2.27. The summed E-state index contributed by atoms with van der Waals surface area (Å²) >= 11 is 0. The molecule has 0 aromatic carbocycles. The van der Waals surface area contributed by atoms with E-state index in [1.165, 1.54) is 6.07 Å². The van der Waals surface area contributed by atoms with Gasteiger partial charge in [0.05, 0.1) is 6.20 Å². The van der Waals surface area contributed by atoms with E-state index in [2.05, 4.69) is 32.1 Å². The molecule has 0 radical (unpaired) electrons. The number of nitrogens with one attached hydrogen (secondary N) is 3. The van der Waals surface area contributed by atoms with Crippen molar-refractivity contribution in [1.82, 2.24) is 19.9 Å². The third-order valence-electron chi connectivity index (χ3n) is 3.10. The summed E-state index contributed by atoms with van der Waals surface area (Å²) in [7, 11) is -3.60. The van der Waals surface area contributed by atoms with Crippen LogP contribution < -0.4 is 10.0 Å². The van der Waals surface area contributed by atoms with Gasteiger partial charge in [-0.2, -0.15) is 5.10 Å². The number of pyridine rings is 1. The van der Waals surface area contributed by atoms with Gasteiger partial charge in [0.1, 0.15) is 5.82 Å². The second-order valence-electron chi connectivity index (χ2n) is 4.90. The van der Waals surface area contributed by atoms with E-state index in [0.717, 1.165) is 24.9 Å². The van der Waals surface area contributed by atoms with Crippen molar-refractivity contribution in [3.63, 3.8) is 0 Å². The molecule has 7 nitrogen and oxygen atoms in total. The van der Waals surface area contributed by atoms with Crippen molar-refractivity contribution in [2.24, 2.45) is 0 Å². The van der Waals surface area contributed by atoms with Crippen LogP contribution in [0.2, 0.25) is 0 Å². The molecular formula is C14H21N5O2S. The zero-order valence-corrected chi connectivity index (χ0v) is 13.4. The molecule has 2 aromatic heterocycles. The van der Waals surface area contributed by atoms with Crippen molar-refractivity contribution in [2.75, 3.05) is 18.4 Å². The molecule has 0 spiro atoms. The fourth-order valence-electron chi connectivity index (χ4n) is 1.87. The molecule has 2 heterocycles. The molecule has 0 unspecified atom stereocenters. The minimum Gasteiger partial charge on any atom is -0.370 e. The Morgan fingerprint density at radius 1 is 1.27 bits per heavy atom. The summed E-state index contributed by atoms with van der Waals surface area (Å²) in [6.07, 6.45) is 6.07. The van der Waals surface area contributed by atoms with Crippen molar-refractivity contribution in [1.29, 1.82) is 0 Å². The second-order valence-corrected chi connectivity index (χ2v) is 6.61. The van der Waals surface area contributed by atoms with Crippen LogP contribution >= 0.6 is 0 Å². The first-order chi connectivity index (χ1) is 10.6. The number of unbranched alkanes of at least 4 members (excludes halogenated alkanes) is 1. The molecule has 0 atom stereocenters. The maximum absolute atomic E-state index is 12.2. The van der Waals surface area contributed by atoms with Crippen LogP contribution in [0.4, 0.5) is 5.82 Å². The van der Waals surface area contributed by atoms with E-state index in [1.807, 2.05) is 0 Å². The first-order valence-electron chi connectivity index (χ1n) is 7.30. The highest BCUT2D eigenvalue weighted by atomic mass is 32.2. The third kappa shape index (κ3) is 4.81. The Morgan fingerprint density at radius 3 is 2.86 bits per heavy atom. The number of aromatic nitrogens is 3. The van der Waals surface area contributed by atoms with Crippen LogP contribution in [0, 0.1) is 0 Å². The molecule has 2 aromatic rings. The lowest BCUT2D eigenvalue weighted by atomic mass is 10.3. The van der Waals surface area contributed by atoms with Gasteiger partial charge in [-0.25, -0.2) is 18.1 Å². The lowest BCUT2D eigenvalue weighted by molar-refractivity contribution is 0.578. The van der Waals surface area contributed by atoms with Crippen LogP contribution in [0.5, 0.6) is 0 Å². The number of nitrogens with zero attached hydrogens (tertiary/aromatic N) is 2. The third-order valence-corrected chi connectivity index (χ3v) is 4.46. The maximum Gasteiger partial charge on any atom is 0.258 e. The molecule has 0 aliphatic rings. The second kappa shape index (κ2) is 7.90. The number of sulfonamides is 1. The van der Waals surface area contributed by atoms with Crippen LogP contribution in [0.15, 0.2) is 35.6 Å². The van der Waals surface area contributed by atoms with E-state index in [4.69, 9.17) is 0 Å².